The largest absolute Gasteiger partial charge is 0.397 e. The molecule has 0 spiro atoms. The van der Waals surface area contributed by atoms with Gasteiger partial charge in [0, 0.05) is 26.3 Å². The number of hydrogen-bond donors (Lipinski definition) is 1. The summed E-state index contributed by atoms with van der Waals surface area (Å²) in [6, 6.07) is 1.72. The minimum absolute atomic E-state index is 0.0542. The normalized spacial score (nSPS) is 10.3. The molecule has 1 amide bonds. The predicted molar refractivity (Wildman–Crippen MR) is 61.7 cm³/mol. The van der Waals surface area contributed by atoms with Gasteiger partial charge >= 0.3 is 0 Å². The number of anilines is 1. The van der Waals surface area contributed by atoms with Crippen LogP contribution in [0.3, 0.4) is 0 Å². The first-order chi connectivity index (χ1) is 7.10. The zero-order chi connectivity index (χ0) is 11.4. The smallest absolute Gasteiger partial charge is 0.270 e. The van der Waals surface area contributed by atoms with Crippen molar-refractivity contribution in [2.75, 3.05) is 18.8 Å². The number of amides is 1. The lowest BCUT2D eigenvalue weighted by molar-refractivity contribution is 0.0755. The van der Waals surface area contributed by atoms with Gasteiger partial charge in [-0.05, 0) is 19.4 Å². The van der Waals surface area contributed by atoms with Gasteiger partial charge in [0.1, 0.15) is 5.69 Å². The molecular formula is C11H19N3O. The van der Waals surface area contributed by atoms with Crippen LogP contribution < -0.4 is 5.73 Å². The summed E-state index contributed by atoms with van der Waals surface area (Å²) in [5.41, 5.74) is 6.93. The number of nitrogens with two attached hydrogens (primary N) is 1. The van der Waals surface area contributed by atoms with E-state index in [4.69, 9.17) is 5.73 Å². The highest BCUT2D eigenvalue weighted by Crippen LogP contribution is 2.11. The summed E-state index contributed by atoms with van der Waals surface area (Å²) in [5, 5.41) is 0. The Kier molecular flexibility index (Phi) is 3.77. The number of nitrogen functional groups attached to an aromatic ring is 1. The predicted octanol–water partition coefficient (Wildman–Crippen LogP) is 1.48. The number of carbonyl (C=O) groups is 1. The molecule has 84 valence electrons. The molecular weight excluding hydrogens is 190 g/mol. The van der Waals surface area contributed by atoms with Crippen LogP contribution in [0.4, 0.5) is 5.69 Å². The van der Waals surface area contributed by atoms with E-state index in [1.807, 2.05) is 18.9 Å². The second-order valence-electron chi connectivity index (χ2n) is 3.65. The molecule has 1 rings (SSSR count). The van der Waals surface area contributed by atoms with Crippen molar-refractivity contribution in [3.63, 3.8) is 0 Å². The zero-order valence-corrected chi connectivity index (χ0v) is 9.66. The van der Waals surface area contributed by atoms with Gasteiger partial charge in [0.15, 0.2) is 0 Å². The first-order valence-corrected chi connectivity index (χ1v) is 5.31. The summed E-state index contributed by atoms with van der Waals surface area (Å²) in [6.07, 6.45) is 2.73. The molecule has 0 unspecified atom stereocenters. The van der Waals surface area contributed by atoms with Crippen LogP contribution in [0.15, 0.2) is 12.3 Å². The first kappa shape index (κ1) is 11.6. The molecule has 0 radical (unpaired) electrons. The van der Waals surface area contributed by atoms with Crippen LogP contribution in [0.5, 0.6) is 0 Å². The van der Waals surface area contributed by atoms with E-state index < -0.39 is 0 Å². The summed E-state index contributed by atoms with van der Waals surface area (Å²) < 4.78 is 1.77. The molecule has 0 saturated carbocycles. The Balaban J connectivity index is 2.87. The van der Waals surface area contributed by atoms with Gasteiger partial charge in [-0.2, -0.15) is 0 Å². The molecule has 0 atom stereocenters. The lowest BCUT2D eigenvalue weighted by Crippen LogP contribution is -2.32. The van der Waals surface area contributed by atoms with Crippen LogP contribution in [0.25, 0.3) is 0 Å². The molecule has 1 aromatic heterocycles. The summed E-state index contributed by atoms with van der Waals surface area (Å²) in [6.45, 7) is 5.58. The molecule has 4 heteroatoms. The third-order valence-corrected chi connectivity index (χ3v) is 2.41. The monoisotopic (exact) mass is 209 g/mol. The molecule has 0 saturated heterocycles. The van der Waals surface area contributed by atoms with Crippen LogP contribution in [0.1, 0.15) is 30.8 Å². The van der Waals surface area contributed by atoms with Gasteiger partial charge in [0.2, 0.25) is 0 Å². The molecule has 2 N–H and O–H groups in total. The van der Waals surface area contributed by atoms with Crippen LogP contribution >= 0.6 is 0 Å². The molecule has 0 aliphatic carbocycles. The molecule has 0 bridgehead atoms. The van der Waals surface area contributed by atoms with Gasteiger partial charge in [-0.25, -0.2) is 0 Å². The summed E-state index contributed by atoms with van der Waals surface area (Å²) in [7, 11) is 1.84. The number of rotatable bonds is 4. The van der Waals surface area contributed by atoms with E-state index >= 15 is 0 Å². The van der Waals surface area contributed by atoms with Gasteiger partial charge in [-0.1, -0.05) is 6.92 Å². The quantitative estimate of drug-likeness (QED) is 0.816. The van der Waals surface area contributed by atoms with E-state index in [-0.39, 0.29) is 5.91 Å². The van der Waals surface area contributed by atoms with Crippen molar-refractivity contribution in [1.29, 1.82) is 0 Å². The fraction of sp³-hybridized carbons (Fsp3) is 0.545. The maximum Gasteiger partial charge on any atom is 0.270 e. The maximum absolute atomic E-state index is 12.0. The third-order valence-electron chi connectivity index (χ3n) is 2.41. The van der Waals surface area contributed by atoms with Crippen molar-refractivity contribution in [3.05, 3.63) is 18.0 Å². The van der Waals surface area contributed by atoms with Gasteiger partial charge < -0.3 is 15.2 Å². The summed E-state index contributed by atoms with van der Waals surface area (Å²) in [4.78, 5) is 13.9. The molecule has 0 aliphatic rings. The molecule has 0 aliphatic heterocycles. The molecule has 1 aromatic rings. The van der Waals surface area contributed by atoms with Crippen LogP contribution in [-0.4, -0.2) is 28.5 Å². The maximum atomic E-state index is 12.0. The van der Waals surface area contributed by atoms with E-state index in [1.165, 1.54) is 0 Å². The van der Waals surface area contributed by atoms with Crippen molar-refractivity contribution in [2.45, 2.75) is 20.3 Å². The second-order valence-corrected chi connectivity index (χ2v) is 3.65. The first-order valence-electron chi connectivity index (χ1n) is 5.31. The highest BCUT2D eigenvalue weighted by molar-refractivity contribution is 5.93. The van der Waals surface area contributed by atoms with E-state index in [0.29, 0.717) is 11.4 Å². The van der Waals surface area contributed by atoms with Crippen molar-refractivity contribution in [2.24, 2.45) is 7.05 Å². The number of nitrogens with zero attached hydrogens (tertiary/aromatic N) is 2. The third kappa shape index (κ3) is 2.52. The van der Waals surface area contributed by atoms with E-state index in [2.05, 4.69) is 6.92 Å². The fourth-order valence-corrected chi connectivity index (χ4v) is 1.64. The Hall–Kier alpha value is -1.45. The van der Waals surface area contributed by atoms with Gasteiger partial charge in [-0.3, -0.25) is 4.79 Å². The lowest BCUT2D eigenvalue weighted by atomic mass is 10.3. The van der Waals surface area contributed by atoms with Crippen molar-refractivity contribution >= 4 is 11.6 Å². The number of hydrogen-bond acceptors (Lipinski definition) is 2. The van der Waals surface area contributed by atoms with E-state index in [1.54, 1.807) is 16.8 Å². The Morgan fingerprint density at radius 2 is 2.20 bits per heavy atom. The van der Waals surface area contributed by atoms with Gasteiger partial charge in [0.05, 0.1) is 5.69 Å². The standard InChI is InChI=1S/C11H19N3O/c1-4-6-14(5-2)11(15)10-7-9(12)8-13(10)3/h7-8H,4-6,12H2,1-3H3. The molecule has 1 heterocycles. The molecule has 15 heavy (non-hydrogen) atoms. The summed E-state index contributed by atoms with van der Waals surface area (Å²) >= 11 is 0. The SMILES string of the molecule is CCCN(CC)C(=O)c1cc(N)cn1C. The summed E-state index contributed by atoms with van der Waals surface area (Å²) in [5.74, 6) is 0.0542. The van der Waals surface area contributed by atoms with Crippen LogP contribution in [0.2, 0.25) is 0 Å². The highest BCUT2D eigenvalue weighted by Gasteiger charge is 2.16. The average molecular weight is 209 g/mol. The number of carbonyl (C=O) groups excluding carboxylic acids is 1. The number of aryl methyl sites for hydroxylation is 1. The topological polar surface area (TPSA) is 51.3 Å². The highest BCUT2D eigenvalue weighted by atomic mass is 16.2. The Labute approximate surface area is 90.7 Å². The van der Waals surface area contributed by atoms with Crippen molar-refractivity contribution in [1.82, 2.24) is 9.47 Å². The Bertz CT molecular complexity index is 344. The van der Waals surface area contributed by atoms with E-state index in [0.717, 1.165) is 19.5 Å². The fourth-order valence-electron chi connectivity index (χ4n) is 1.64. The Morgan fingerprint density at radius 3 is 2.60 bits per heavy atom. The molecule has 0 aromatic carbocycles. The lowest BCUT2D eigenvalue weighted by Gasteiger charge is -2.20. The van der Waals surface area contributed by atoms with Gasteiger partial charge in [-0.15, -0.1) is 0 Å². The second kappa shape index (κ2) is 4.87. The van der Waals surface area contributed by atoms with Crippen molar-refractivity contribution in [3.8, 4) is 0 Å². The van der Waals surface area contributed by atoms with E-state index in [9.17, 15) is 4.79 Å². The van der Waals surface area contributed by atoms with Crippen molar-refractivity contribution < 1.29 is 4.79 Å². The van der Waals surface area contributed by atoms with Crippen LogP contribution in [-0.2, 0) is 7.05 Å². The number of aromatic nitrogens is 1. The minimum Gasteiger partial charge on any atom is -0.397 e. The van der Waals surface area contributed by atoms with Crippen LogP contribution in [0, 0.1) is 0 Å². The molecule has 0 fully saturated rings. The van der Waals surface area contributed by atoms with Gasteiger partial charge in [0.25, 0.3) is 5.91 Å². The zero-order valence-electron chi connectivity index (χ0n) is 9.66. The Morgan fingerprint density at radius 1 is 1.53 bits per heavy atom. The minimum atomic E-state index is 0.0542. The molecule has 4 nitrogen and oxygen atoms in total. The average Bonchev–Trinajstić information content (AvgIpc) is 2.53.